The summed E-state index contributed by atoms with van der Waals surface area (Å²) in [6, 6.07) is 18.3. The molecule has 2 aromatic carbocycles. The van der Waals surface area contributed by atoms with Gasteiger partial charge in [0.15, 0.2) is 0 Å². The number of aromatic amines is 1. The van der Waals surface area contributed by atoms with E-state index in [0.717, 1.165) is 22.0 Å². The van der Waals surface area contributed by atoms with Crippen LogP contribution in [-0.2, 0) is 4.74 Å². The summed E-state index contributed by atoms with van der Waals surface area (Å²) in [6.07, 6.45) is 5.50. The lowest BCUT2D eigenvalue weighted by molar-refractivity contribution is 0.0527. The van der Waals surface area contributed by atoms with Crippen LogP contribution in [-0.4, -0.2) is 35.1 Å². The molecule has 4 rings (SSSR count). The van der Waals surface area contributed by atoms with Crippen molar-refractivity contribution in [1.82, 2.24) is 15.3 Å². The number of aromatic nitrogens is 2. The second kappa shape index (κ2) is 9.78. The van der Waals surface area contributed by atoms with Gasteiger partial charge in [0.1, 0.15) is 0 Å². The van der Waals surface area contributed by atoms with Gasteiger partial charge < -0.3 is 20.4 Å². The van der Waals surface area contributed by atoms with Crippen molar-refractivity contribution in [1.29, 1.82) is 0 Å². The highest BCUT2D eigenvalue weighted by atomic mass is 16.5. The number of para-hydroxylation sites is 2. The highest BCUT2D eigenvalue weighted by molar-refractivity contribution is 6.00. The highest BCUT2D eigenvalue weighted by Crippen LogP contribution is 2.30. The van der Waals surface area contributed by atoms with Gasteiger partial charge in [-0.1, -0.05) is 36.4 Å². The largest absolute Gasteiger partial charge is 0.462 e. The number of pyridine rings is 1. The number of fused-ring (bicyclic) bond motifs is 1. The molecule has 1 atom stereocenters. The number of amides is 2. The standard InChI is InChI=1S/C25H24N4O3/c1-2-32-24(30)19-10-4-6-12-23(19)29-25(31)28-15-20(17-8-7-13-26-14-17)21-16-27-22-11-5-3-9-18(21)22/h3-14,16,20,27H,2,15H2,1H3,(H2,28,29,31)/t20-/m1/s1. The second-order valence-corrected chi connectivity index (χ2v) is 7.23. The molecule has 32 heavy (non-hydrogen) atoms. The molecule has 0 saturated heterocycles. The van der Waals surface area contributed by atoms with Crippen LogP contribution < -0.4 is 10.6 Å². The van der Waals surface area contributed by atoms with E-state index in [2.05, 4.69) is 26.7 Å². The fourth-order valence-corrected chi connectivity index (χ4v) is 3.71. The van der Waals surface area contributed by atoms with Crippen LogP contribution in [0.15, 0.2) is 79.3 Å². The topological polar surface area (TPSA) is 96.1 Å². The molecule has 7 nitrogen and oxygen atoms in total. The third kappa shape index (κ3) is 4.62. The maximum absolute atomic E-state index is 12.7. The van der Waals surface area contributed by atoms with Crippen molar-refractivity contribution in [2.45, 2.75) is 12.8 Å². The molecule has 162 valence electrons. The van der Waals surface area contributed by atoms with Gasteiger partial charge in [-0.2, -0.15) is 0 Å². The van der Waals surface area contributed by atoms with E-state index in [0.29, 0.717) is 17.8 Å². The van der Waals surface area contributed by atoms with Gasteiger partial charge in [-0.25, -0.2) is 9.59 Å². The highest BCUT2D eigenvalue weighted by Gasteiger charge is 2.20. The maximum atomic E-state index is 12.7. The summed E-state index contributed by atoms with van der Waals surface area (Å²) in [5, 5.41) is 6.80. The first-order valence-corrected chi connectivity index (χ1v) is 10.4. The zero-order valence-electron chi connectivity index (χ0n) is 17.7. The molecular weight excluding hydrogens is 404 g/mol. The molecule has 0 radical (unpaired) electrons. The average molecular weight is 428 g/mol. The molecule has 0 spiro atoms. The number of hydrogen-bond acceptors (Lipinski definition) is 4. The Bertz CT molecular complexity index is 1220. The van der Waals surface area contributed by atoms with Gasteiger partial charge in [-0.05, 0) is 42.3 Å². The van der Waals surface area contributed by atoms with Crippen LogP contribution in [0.4, 0.5) is 10.5 Å². The average Bonchev–Trinajstić information content (AvgIpc) is 3.24. The van der Waals surface area contributed by atoms with Crippen molar-refractivity contribution in [3.63, 3.8) is 0 Å². The van der Waals surface area contributed by atoms with Crippen LogP contribution in [0.25, 0.3) is 10.9 Å². The Morgan fingerprint density at radius 2 is 1.88 bits per heavy atom. The molecule has 4 aromatic rings. The monoisotopic (exact) mass is 428 g/mol. The quantitative estimate of drug-likeness (QED) is 0.372. The predicted octanol–water partition coefficient (Wildman–Crippen LogP) is 4.69. The summed E-state index contributed by atoms with van der Waals surface area (Å²) in [5.41, 5.74) is 3.80. The SMILES string of the molecule is CCOC(=O)c1ccccc1NC(=O)NC[C@H](c1cccnc1)c1c[nH]c2ccccc12. The number of esters is 1. The van der Waals surface area contributed by atoms with E-state index in [9.17, 15) is 9.59 Å². The number of nitrogens with zero attached hydrogens (tertiary/aromatic N) is 1. The van der Waals surface area contributed by atoms with Gasteiger partial charge in [0.25, 0.3) is 0 Å². The molecule has 2 heterocycles. The summed E-state index contributed by atoms with van der Waals surface area (Å²) in [6.45, 7) is 2.35. The van der Waals surface area contributed by atoms with E-state index < -0.39 is 12.0 Å². The fraction of sp³-hybridized carbons (Fsp3) is 0.160. The Labute approximate surface area is 185 Å². The third-order valence-electron chi connectivity index (χ3n) is 5.22. The lowest BCUT2D eigenvalue weighted by atomic mass is 9.92. The molecule has 0 fully saturated rings. The molecule has 0 saturated carbocycles. The van der Waals surface area contributed by atoms with Crippen LogP contribution in [0.3, 0.4) is 0 Å². The van der Waals surface area contributed by atoms with E-state index in [-0.39, 0.29) is 12.5 Å². The van der Waals surface area contributed by atoms with E-state index in [1.54, 1.807) is 37.4 Å². The lowest BCUT2D eigenvalue weighted by Crippen LogP contribution is -2.33. The van der Waals surface area contributed by atoms with Crippen molar-refractivity contribution in [2.75, 3.05) is 18.5 Å². The molecule has 0 aliphatic rings. The second-order valence-electron chi connectivity index (χ2n) is 7.23. The molecule has 3 N–H and O–H groups in total. The zero-order chi connectivity index (χ0) is 22.3. The van der Waals surface area contributed by atoms with E-state index >= 15 is 0 Å². The van der Waals surface area contributed by atoms with Crippen molar-refractivity contribution in [3.05, 3.63) is 95.9 Å². The molecule has 0 bridgehead atoms. The Kier molecular flexibility index (Phi) is 6.46. The molecule has 0 aliphatic heterocycles. The predicted molar refractivity (Wildman–Crippen MR) is 124 cm³/mol. The van der Waals surface area contributed by atoms with Crippen molar-refractivity contribution in [2.24, 2.45) is 0 Å². The fourth-order valence-electron chi connectivity index (χ4n) is 3.71. The first-order chi connectivity index (χ1) is 15.7. The molecule has 0 aliphatic carbocycles. The summed E-state index contributed by atoms with van der Waals surface area (Å²) in [4.78, 5) is 32.4. The van der Waals surface area contributed by atoms with Crippen LogP contribution in [0.1, 0.15) is 34.3 Å². The van der Waals surface area contributed by atoms with Gasteiger partial charge >= 0.3 is 12.0 Å². The normalized spacial score (nSPS) is 11.7. The smallest absolute Gasteiger partial charge is 0.340 e. The van der Waals surface area contributed by atoms with Crippen molar-refractivity contribution >= 4 is 28.6 Å². The van der Waals surface area contributed by atoms with E-state index in [4.69, 9.17) is 4.74 Å². The van der Waals surface area contributed by atoms with E-state index in [1.807, 2.05) is 42.7 Å². The third-order valence-corrected chi connectivity index (χ3v) is 5.22. The molecule has 0 unspecified atom stereocenters. The Balaban J connectivity index is 1.54. The lowest BCUT2D eigenvalue weighted by Gasteiger charge is -2.18. The minimum absolute atomic E-state index is 0.106. The molecule has 2 amide bonds. The first kappa shape index (κ1) is 21.1. The molecule has 2 aromatic heterocycles. The Morgan fingerprint density at radius 3 is 2.69 bits per heavy atom. The molecular formula is C25H24N4O3. The Hall–Kier alpha value is -4.13. The van der Waals surface area contributed by atoms with Crippen LogP contribution >= 0.6 is 0 Å². The Morgan fingerprint density at radius 1 is 1.06 bits per heavy atom. The minimum Gasteiger partial charge on any atom is -0.462 e. The summed E-state index contributed by atoms with van der Waals surface area (Å²) in [7, 11) is 0. The van der Waals surface area contributed by atoms with Crippen LogP contribution in [0.5, 0.6) is 0 Å². The van der Waals surface area contributed by atoms with Gasteiger partial charge in [0, 0.05) is 42.0 Å². The van der Waals surface area contributed by atoms with Gasteiger partial charge in [0.05, 0.1) is 17.9 Å². The number of carbonyl (C=O) groups excluding carboxylic acids is 2. The number of carbonyl (C=O) groups is 2. The molecule has 7 heteroatoms. The summed E-state index contributed by atoms with van der Waals surface area (Å²) in [5.74, 6) is -0.582. The van der Waals surface area contributed by atoms with Gasteiger partial charge in [-0.15, -0.1) is 0 Å². The van der Waals surface area contributed by atoms with Crippen molar-refractivity contribution < 1.29 is 14.3 Å². The number of benzene rings is 2. The maximum Gasteiger partial charge on any atom is 0.340 e. The first-order valence-electron chi connectivity index (χ1n) is 10.4. The van der Waals surface area contributed by atoms with E-state index in [1.165, 1.54) is 0 Å². The minimum atomic E-state index is -0.476. The van der Waals surface area contributed by atoms with Gasteiger partial charge in [0.2, 0.25) is 0 Å². The number of nitrogens with one attached hydrogen (secondary N) is 3. The summed E-state index contributed by atoms with van der Waals surface area (Å²) < 4.78 is 5.07. The number of rotatable bonds is 7. The number of H-pyrrole nitrogens is 1. The number of hydrogen-bond donors (Lipinski definition) is 3. The number of ether oxygens (including phenoxy) is 1. The van der Waals surface area contributed by atoms with Crippen LogP contribution in [0, 0.1) is 0 Å². The van der Waals surface area contributed by atoms with Crippen molar-refractivity contribution in [3.8, 4) is 0 Å². The number of urea groups is 1. The zero-order valence-corrected chi connectivity index (χ0v) is 17.7. The van der Waals surface area contributed by atoms with Gasteiger partial charge in [-0.3, -0.25) is 4.98 Å². The number of anilines is 1. The summed E-state index contributed by atoms with van der Waals surface area (Å²) >= 11 is 0. The van der Waals surface area contributed by atoms with Crippen LogP contribution in [0.2, 0.25) is 0 Å².